The summed E-state index contributed by atoms with van der Waals surface area (Å²) >= 11 is 0. The number of carbonyl (C=O) groups excluding carboxylic acids is 1. The third-order valence-corrected chi connectivity index (χ3v) is 7.25. The fourth-order valence-electron chi connectivity index (χ4n) is 3.68. The largest absolute Gasteiger partial charge is 0.493 e. The van der Waals surface area contributed by atoms with Crippen molar-refractivity contribution in [3.63, 3.8) is 0 Å². The van der Waals surface area contributed by atoms with Crippen LogP contribution in [0.3, 0.4) is 0 Å². The second kappa shape index (κ2) is 10.8. The van der Waals surface area contributed by atoms with Crippen LogP contribution in [0.1, 0.15) is 31.1 Å². The van der Waals surface area contributed by atoms with Gasteiger partial charge in [-0.1, -0.05) is 12.1 Å². The predicted molar refractivity (Wildman–Crippen MR) is 125 cm³/mol. The highest BCUT2D eigenvalue weighted by Gasteiger charge is 2.28. The number of morpholine rings is 1. The van der Waals surface area contributed by atoms with Gasteiger partial charge in [0, 0.05) is 26.2 Å². The van der Waals surface area contributed by atoms with E-state index in [9.17, 15) is 13.2 Å². The summed E-state index contributed by atoms with van der Waals surface area (Å²) in [6.45, 7) is 9.09. The van der Waals surface area contributed by atoms with Crippen LogP contribution in [0.15, 0.2) is 47.4 Å². The van der Waals surface area contributed by atoms with Gasteiger partial charge in [0.15, 0.2) is 0 Å². The molecule has 0 saturated carbocycles. The molecule has 0 unspecified atom stereocenters. The van der Waals surface area contributed by atoms with Crippen molar-refractivity contribution in [3.8, 4) is 5.75 Å². The molecule has 1 heterocycles. The summed E-state index contributed by atoms with van der Waals surface area (Å²) in [6.07, 6.45) is 0. The highest BCUT2D eigenvalue weighted by Crippen LogP contribution is 2.31. The van der Waals surface area contributed by atoms with Crippen LogP contribution in [0, 0.1) is 0 Å². The summed E-state index contributed by atoms with van der Waals surface area (Å²) in [7, 11) is -3.70. The van der Waals surface area contributed by atoms with Crippen molar-refractivity contribution >= 4 is 27.3 Å². The van der Waals surface area contributed by atoms with Crippen LogP contribution in [0.2, 0.25) is 0 Å². The normalized spacial score (nSPS) is 14.7. The number of benzene rings is 2. The Hall–Kier alpha value is -2.62. The predicted octanol–water partition coefficient (Wildman–Crippen LogP) is 3.20. The van der Waals surface area contributed by atoms with E-state index >= 15 is 0 Å². The van der Waals surface area contributed by atoms with Crippen molar-refractivity contribution in [3.05, 3.63) is 48.0 Å². The molecule has 1 aliphatic rings. The fourth-order valence-corrected chi connectivity index (χ4v) is 5.11. The molecule has 3 rings (SSSR count). The minimum atomic E-state index is -3.70. The first-order chi connectivity index (χ1) is 15.4. The third-order valence-electron chi connectivity index (χ3n) is 5.36. The lowest BCUT2D eigenvalue weighted by molar-refractivity contribution is 0.0730. The number of nitrogens with zero attached hydrogens (tertiary/aromatic N) is 2. The van der Waals surface area contributed by atoms with Gasteiger partial charge < -0.3 is 19.7 Å². The van der Waals surface area contributed by atoms with Gasteiger partial charge in [-0.3, -0.25) is 4.79 Å². The molecule has 0 spiro atoms. The lowest BCUT2D eigenvalue weighted by Crippen LogP contribution is -2.40. The van der Waals surface area contributed by atoms with Crippen LogP contribution in [-0.2, 0) is 14.8 Å². The molecule has 8 nitrogen and oxygen atoms in total. The molecule has 9 heteroatoms. The number of rotatable bonds is 9. The molecule has 1 N–H and O–H groups in total. The van der Waals surface area contributed by atoms with Gasteiger partial charge in [-0.05, 0) is 51.1 Å². The number of sulfonamides is 1. The molecule has 0 atom stereocenters. The van der Waals surface area contributed by atoms with Gasteiger partial charge >= 0.3 is 0 Å². The standard InChI is InChI=1S/C23H31N3O5S/c1-4-25(5-2)21-12-11-18(32(28,29)26-13-15-30-16-14-26)17-20(21)24-23(27)19-9-7-8-10-22(19)31-6-3/h7-12,17H,4-6,13-16H2,1-3H3,(H,24,27). The van der Waals surface area contributed by atoms with Crippen LogP contribution >= 0.6 is 0 Å². The highest BCUT2D eigenvalue weighted by molar-refractivity contribution is 7.89. The summed E-state index contributed by atoms with van der Waals surface area (Å²) in [5, 5.41) is 2.92. The van der Waals surface area contributed by atoms with E-state index in [0.29, 0.717) is 63.0 Å². The lowest BCUT2D eigenvalue weighted by Gasteiger charge is -2.28. The Bertz CT molecular complexity index is 1030. The number of anilines is 2. The molecule has 0 aromatic heterocycles. The molecule has 174 valence electrons. The maximum absolute atomic E-state index is 13.2. The van der Waals surface area contributed by atoms with Gasteiger partial charge in [0.2, 0.25) is 10.0 Å². The van der Waals surface area contributed by atoms with Crippen LogP contribution in [0.4, 0.5) is 11.4 Å². The summed E-state index contributed by atoms with van der Waals surface area (Å²) in [5.41, 5.74) is 1.60. The molecule has 1 saturated heterocycles. The highest BCUT2D eigenvalue weighted by atomic mass is 32.2. The van der Waals surface area contributed by atoms with Crippen LogP contribution < -0.4 is 15.0 Å². The Morgan fingerprint density at radius 3 is 2.44 bits per heavy atom. The summed E-state index contributed by atoms with van der Waals surface area (Å²) in [5.74, 6) is 0.123. The molecule has 0 bridgehead atoms. The van der Waals surface area contributed by atoms with E-state index in [1.165, 1.54) is 4.31 Å². The number of hydrogen-bond acceptors (Lipinski definition) is 6. The average molecular weight is 462 g/mol. The van der Waals surface area contributed by atoms with E-state index in [1.807, 2.05) is 20.8 Å². The second-order valence-corrected chi connectivity index (χ2v) is 9.19. The van der Waals surface area contributed by atoms with Crippen LogP contribution in [0.25, 0.3) is 0 Å². The quantitative estimate of drug-likeness (QED) is 0.617. The van der Waals surface area contributed by atoms with Crippen molar-refractivity contribution < 1.29 is 22.7 Å². The Labute approximate surface area is 190 Å². The Kier molecular flexibility index (Phi) is 8.11. The first kappa shape index (κ1) is 24.0. The lowest BCUT2D eigenvalue weighted by atomic mass is 10.1. The van der Waals surface area contributed by atoms with Crippen LogP contribution in [0.5, 0.6) is 5.75 Å². The van der Waals surface area contributed by atoms with E-state index < -0.39 is 10.0 Å². The van der Waals surface area contributed by atoms with E-state index in [0.717, 1.165) is 5.69 Å². The van der Waals surface area contributed by atoms with Gasteiger partial charge in [0.25, 0.3) is 5.91 Å². The smallest absolute Gasteiger partial charge is 0.259 e. The Morgan fingerprint density at radius 1 is 1.09 bits per heavy atom. The Balaban J connectivity index is 2.00. The zero-order valence-electron chi connectivity index (χ0n) is 18.8. The van der Waals surface area contributed by atoms with Gasteiger partial charge in [-0.25, -0.2) is 8.42 Å². The van der Waals surface area contributed by atoms with E-state index in [2.05, 4.69) is 10.2 Å². The summed E-state index contributed by atoms with van der Waals surface area (Å²) < 4.78 is 38.6. The van der Waals surface area contributed by atoms with E-state index in [4.69, 9.17) is 9.47 Å². The third kappa shape index (κ3) is 5.23. The maximum Gasteiger partial charge on any atom is 0.259 e. The minimum Gasteiger partial charge on any atom is -0.493 e. The number of hydrogen-bond donors (Lipinski definition) is 1. The van der Waals surface area contributed by atoms with Crippen molar-refractivity contribution in [2.45, 2.75) is 25.7 Å². The maximum atomic E-state index is 13.2. The van der Waals surface area contributed by atoms with E-state index in [1.54, 1.807) is 42.5 Å². The fraction of sp³-hybridized carbons (Fsp3) is 0.435. The second-order valence-electron chi connectivity index (χ2n) is 7.25. The number of ether oxygens (including phenoxy) is 2. The van der Waals surface area contributed by atoms with Gasteiger partial charge in [-0.2, -0.15) is 4.31 Å². The molecular formula is C23H31N3O5S. The first-order valence-corrected chi connectivity index (χ1v) is 12.4. The minimum absolute atomic E-state index is 0.142. The number of para-hydroxylation sites is 1. The van der Waals surface area contributed by atoms with Crippen molar-refractivity contribution in [1.82, 2.24) is 4.31 Å². The van der Waals surface area contributed by atoms with Crippen LogP contribution in [-0.4, -0.2) is 64.6 Å². The summed E-state index contributed by atoms with van der Waals surface area (Å²) in [6, 6.07) is 11.9. The van der Waals surface area contributed by atoms with Gasteiger partial charge in [0.05, 0.1) is 41.7 Å². The molecule has 2 aromatic carbocycles. The molecule has 1 aliphatic heterocycles. The van der Waals surface area contributed by atoms with Gasteiger partial charge in [0.1, 0.15) is 5.75 Å². The zero-order chi connectivity index (χ0) is 23.1. The zero-order valence-corrected chi connectivity index (χ0v) is 19.7. The first-order valence-electron chi connectivity index (χ1n) is 10.9. The SMILES string of the molecule is CCOc1ccccc1C(=O)Nc1cc(S(=O)(=O)N2CCOCC2)ccc1N(CC)CC. The van der Waals surface area contributed by atoms with Gasteiger partial charge in [-0.15, -0.1) is 0 Å². The number of carbonyl (C=O) groups is 1. The molecule has 0 radical (unpaired) electrons. The average Bonchev–Trinajstić information content (AvgIpc) is 2.81. The van der Waals surface area contributed by atoms with Crippen molar-refractivity contribution in [2.75, 3.05) is 56.2 Å². The molecule has 1 amide bonds. The van der Waals surface area contributed by atoms with Crippen molar-refractivity contribution in [1.29, 1.82) is 0 Å². The monoisotopic (exact) mass is 461 g/mol. The molecule has 32 heavy (non-hydrogen) atoms. The number of nitrogens with one attached hydrogen (secondary N) is 1. The Morgan fingerprint density at radius 2 is 1.78 bits per heavy atom. The molecule has 1 fully saturated rings. The molecule has 0 aliphatic carbocycles. The summed E-state index contributed by atoms with van der Waals surface area (Å²) in [4.78, 5) is 15.3. The number of amides is 1. The van der Waals surface area contributed by atoms with Crippen molar-refractivity contribution in [2.24, 2.45) is 0 Å². The van der Waals surface area contributed by atoms with E-state index in [-0.39, 0.29) is 10.8 Å². The molecular weight excluding hydrogens is 430 g/mol. The molecule has 2 aromatic rings. The topological polar surface area (TPSA) is 88.2 Å².